The monoisotopic (exact) mass is 479 g/mol. The van der Waals surface area contributed by atoms with Crippen molar-refractivity contribution in [2.45, 2.75) is 6.54 Å². The van der Waals surface area contributed by atoms with Gasteiger partial charge in [-0.2, -0.15) is 0 Å². The zero-order valence-electron chi connectivity index (χ0n) is 20.3. The lowest BCUT2D eigenvalue weighted by Crippen LogP contribution is -2.43. The quantitative estimate of drug-likeness (QED) is 0.409. The van der Waals surface area contributed by atoms with Crippen molar-refractivity contribution in [3.63, 3.8) is 0 Å². The van der Waals surface area contributed by atoms with Crippen molar-refractivity contribution in [3.8, 4) is 11.4 Å². The molecular weight excluding hydrogens is 450 g/mol. The first-order valence-electron chi connectivity index (χ1n) is 12.1. The van der Waals surface area contributed by atoms with E-state index < -0.39 is 0 Å². The molecule has 5 rings (SSSR count). The maximum atomic E-state index is 12.7. The molecule has 182 valence electrons. The number of piperazine rings is 1. The van der Waals surface area contributed by atoms with Gasteiger partial charge >= 0.3 is 0 Å². The Morgan fingerprint density at radius 2 is 1.56 bits per heavy atom. The Kier molecular flexibility index (Phi) is 7.25. The molecule has 0 radical (unpaired) electrons. The number of nitrogens with zero attached hydrogens (tertiary/aromatic N) is 5. The summed E-state index contributed by atoms with van der Waals surface area (Å²) in [5.41, 5.74) is 4.93. The minimum absolute atomic E-state index is 0.131. The highest BCUT2D eigenvalue weighted by atomic mass is 16.1. The molecule has 2 N–H and O–H groups in total. The second-order valence-electron chi connectivity index (χ2n) is 8.91. The van der Waals surface area contributed by atoms with E-state index in [9.17, 15) is 4.79 Å². The van der Waals surface area contributed by atoms with Crippen LogP contribution in [0.5, 0.6) is 0 Å². The van der Waals surface area contributed by atoms with Crippen LogP contribution in [0.3, 0.4) is 0 Å². The van der Waals surface area contributed by atoms with Gasteiger partial charge < -0.3 is 15.5 Å². The smallest absolute Gasteiger partial charge is 0.255 e. The zero-order valence-corrected chi connectivity index (χ0v) is 20.3. The number of carbonyl (C=O) groups excluding carboxylic acids is 1. The lowest BCUT2D eigenvalue weighted by Gasteiger charge is -2.32. The number of likely N-dealkylation sites (N-methyl/N-ethyl adjacent to an activating group) is 1. The van der Waals surface area contributed by atoms with E-state index >= 15 is 0 Å². The fourth-order valence-corrected chi connectivity index (χ4v) is 4.07. The van der Waals surface area contributed by atoms with Crippen molar-refractivity contribution in [2.75, 3.05) is 43.9 Å². The van der Waals surface area contributed by atoms with Crippen LogP contribution in [0.2, 0.25) is 0 Å². The van der Waals surface area contributed by atoms with Gasteiger partial charge in [-0.15, -0.1) is 0 Å². The molecule has 3 heterocycles. The highest BCUT2D eigenvalue weighted by molar-refractivity contribution is 6.04. The van der Waals surface area contributed by atoms with Gasteiger partial charge in [-0.3, -0.25) is 14.7 Å². The number of pyridine rings is 1. The molecule has 1 amide bonds. The number of amides is 1. The van der Waals surface area contributed by atoms with Crippen LogP contribution < -0.4 is 10.6 Å². The van der Waals surface area contributed by atoms with E-state index in [1.807, 2.05) is 72.8 Å². The summed E-state index contributed by atoms with van der Waals surface area (Å²) in [7, 11) is 2.16. The number of rotatable bonds is 7. The fraction of sp³-hybridized carbons (Fsp3) is 0.214. The number of anilines is 3. The van der Waals surface area contributed by atoms with Crippen LogP contribution >= 0.6 is 0 Å². The summed E-state index contributed by atoms with van der Waals surface area (Å²) >= 11 is 0. The number of aromatic nitrogens is 3. The molecule has 1 aliphatic heterocycles. The molecule has 8 heteroatoms. The van der Waals surface area contributed by atoms with Gasteiger partial charge in [0.15, 0.2) is 0 Å². The van der Waals surface area contributed by atoms with Gasteiger partial charge in [-0.1, -0.05) is 18.2 Å². The van der Waals surface area contributed by atoms with E-state index in [-0.39, 0.29) is 5.91 Å². The lowest BCUT2D eigenvalue weighted by molar-refractivity contribution is 0.102. The van der Waals surface area contributed by atoms with Crippen molar-refractivity contribution >= 4 is 23.2 Å². The molecule has 2 aromatic carbocycles. The topological polar surface area (TPSA) is 86.3 Å². The molecule has 8 nitrogen and oxygen atoms in total. The molecule has 1 saturated heterocycles. The summed E-state index contributed by atoms with van der Waals surface area (Å²) in [5, 5.41) is 6.16. The minimum Gasteiger partial charge on any atom is -0.324 e. The molecule has 1 aliphatic rings. The summed E-state index contributed by atoms with van der Waals surface area (Å²) in [5.74, 6) is 0.347. The SMILES string of the molecule is CN1CCN(Cc2ccc(C(=O)Nc3ccc(Nc4nccc(-c5ccccn5)n4)cc3)cc2)CC1. The van der Waals surface area contributed by atoms with Gasteiger partial charge in [0.05, 0.1) is 11.4 Å². The number of carbonyl (C=O) groups is 1. The average Bonchev–Trinajstić information content (AvgIpc) is 2.92. The Morgan fingerprint density at radius 3 is 2.28 bits per heavy atom. The molecule has 4 aromatic rings. The van der Waals surface area contributed by atoms with Crippen LogP contribution in [0, 0.1) is 0 Å². The normalized spacial score (nSPS) is 14.4. The molecular formula is C28H29N7O. The molecule has 0 bridgehead atoms. The second-order valence-corrected chi connectivity index (χ2v) is 8.91. The summed E-state index contributed by atoms with van der Waals surface area (Å²) in [6.07, 6.45) is 3.44. The first-order valence-corrected chi connectivity index (χ1v) is 12.1. The molecule has 0 unspecified atom stereocenters. The summed E-state index contributed by atoms with van der Waals surface area (Å²) in [4.78, 5) is 30.7. The van der Waals surface area contributed by atoms with Crippen LogP contribution in [-0.4, -0.2) is 63.9 Å². The Hall–Kier alpha value is -4.14. The number of hydrogen-bond acceptors (Lipinski definition) is 7. The second kappa shape index (κ2) is 11.1. The van der Waals surface area contributed by atoms with Crippen molar-refractivity contribution in [3.05, 3.63) is 96.3 Å². The molecule has 1 fully saturated rings. The third kappa shape index (κ3) is 6.10. The van der Waals surface area contributed by atoms with E-state index in [1.165, 1.54) is 5.56 Å². The number of hydrogen-bond donors (Lipinski definition) is 2. The molecule has 36 heavy (non-hydrogen) atoms. The Bertz CT molecular complexity index is 1290. The largest absolute Gasteiger partial charge is 0.324 e. The van der Waals surface area contributed by atoms with Crippen molar-refractivity contribution in [2.24, 2.45) is 0 Å². The summed E-state index contributed by atoms with van der Waals surface area (Å²) in [6, 6.07) is 22.9. The van der Waals surface area contributed by atoms with Crippen LogP contribution in [0.4, 0.5) is 17.3 Å². The highest BCUT2D eigenvalue weighted by Crippen LogP contribution is 2.20. The summed E-state index contributed by atoms with van der Waals surface area (Å²) in [6.45, 7) is 5.26. The van der Waals surface area contributed by atoms with E-state index in [4.69, 9.17) is 0 Å². The van der Waals surface area contributed by atoms with Crippen LogP contribution in [0.1, 0.15) is 15.9 Å². The first kappa shape index (κ1) is 23.6. The first-order chi connectivity index (χ1) is 17.6. The lowest BCUT2D eigenvalue weighted by atomic mass is 10.1. The zero-order chi connectivity index (χ0) is 24.7. The highest BCUT2D eigenvalue weighted by Gasteiger charge is 2.14. The fourth-order valence-electron chi connectivity index (χ4n) is 4.07. The van der Waals surface area contributed by atoms with Crippen LogP contribution in [0.25, 0.3) is 11.4 Å². The van der Waals surface area contributed by atoms with Crippen LogP contribution in [-0.2, 0) is 6.54 Å². The summed E-state index contributed by atoms with van der Waals surface area (Å²) < 4.78 is 0. The Morgan fingerprint density at radius 1 is 0.806 bits per heavy atom. The average molecular weight is 480 g/mol. The van der Waals surface area contributed by atoms with E-state index in [0.717, 1.165) is 55.5 Å². The Labute approximate surface area is 211 Å². The Balaban J connectivity index is 1.16. The molecule has 2 aromatic heterocycles. The molecule has 0 saturated carbocycles. The number of benzene rings is 2. The van der Waals surface area contributed by atoms with Crippen molar-refractivity contribution in [1.82, 2.24) is 24.8 Å². The minimum atomic E-state index is -0.131. The molecule has 0 spiro atoms. The predicted octanol–water partition coefficient (Wildman–Crippen LogP) is 4.28. The maximum Gasteiger partial charge on any atom is 0.255 e. The maximum absolute atomic E-state index is 12.7. The van der Waals surface area contributed by atoms with Gasteiger partial charge in [0.25, 0.3) is 5.91 Å². The van der Waals surface area contributed by atoms with Gasteiger partial charge in [-0.25, -0.2) is 9.97 Å². The van der Waals surface area contributed by atoms with Gasteiger partial charge in [-0.05, 0) is 67.2 Å². The standard InChI is InChI=1S/C28H29N7O/c1-34-16-18-35(19-17-34)20-21-5-7-22(8-6-21)27(36)31-23-9-11-24(12-10-23)32-28-30-15-13-26(33-28)25-4-2-3-14-29-25/h2-15H,16-20H2,1H3,(H,31,36)(H,30,32,33). The van der Waals surface area contributed by atoms with E-state index in [1.54, 1.807) is 12.4 Å². The van der Waals surface area contributed by atoms with Crippen LogP contribution in [0.15, 0.2) is 85.2 Å². The van der Waals surface area contributed by atoms with E-state index in [0.29, 0.717) is 11.5 Å². The van der Waals surface area contributed by atoms with Crippen molar-refractivity contribution in [1.29, 1.82) is 0 Å². The number of nitrogens with one attached hydrogen (secondary N) is 2. The predicted molar refractivity (Wildman–Crippen MR) is 142 cm³/mol. The third-order valence-electron chi connectivity index (χ3n) is 6.20. The third-order valence-corrected chi connectivity index (χ3v) is 6.20. The van der Waals surface area contributed by atoms with Crippen molar-refractivity contribution < 1.29 is 4.79 Å². The van der Waals surface area contributed by atoms with Gasteiger partial charge in [0, 0.05) is 62.1 Å². The van der Waals surface area contributed by atoms with E-state index in [2.05, 4.69) is 42.4 Å². The molecule has 0 atom stereocenters. The molecule has 0 aliphatic carbocycles. The van der Waals surface area contributed by atoms with Gasteiger partial charge in [0.2, 0.25) is 5.95 Å². The van der Waals surface area contributed by atoms with Gasteiger partial charge in [0.1, 0.15) is 0 Å².